The average molecular weight is 265 g/mol. The molecule has 1 aromatic rings. The highest BCUT2D eigenvalue weighted by molar-refractivity contribution is 5.61. The number of hydrogen-bond donors (Lipinski definition) is 1. The van der Waals surface area contributed by atoms with E-state index in [4.69, 9.17) is 5.73 Å². The summed E-state index contributed by atoms with van der Waals surface area (Å²) >= 11 is 0. The third kappa shape index (κ3) is 2.93. The molecule has 1 aliphatic heterocycles. The third-order valence-electron chi connectivity index (χ3n) is 3.39. The Kier molecular flexibility index (Phi) is 3.84. The molecule has 0 saturated carbocycles. The molecule has 1 aliphatic rings. The summed E-state index contributed by atoms with van der Waals surface area (Å²) in [5, 5.41) is 11.1. The smallest absolute Gasteiger partial charge is 0.311 e. The minimum atomic E-state index is -0.400. The summed E-state index contributed by atoms with van der Waals surface area (Å²) in [6.45, 7) is 4.64. The van der Waals surface area contributed by atoms with Crippen LogP contribution in [0.4, 0.5) is 17.3 Å². The van der Waals surface area contributed by atoms with Gasteiger partial charge in [0.15, 0.2) is 0 Å². The highest BCUT2D eigenvalue weighted by Crippen LogP contribution is 2.29. The normalized spacial score (nSPS) is 21.2. The van der Waals surface area contributed by atoms with Crippen molar-refractivity contribution in [2.75, 3.05) is 37.3 Å². The van der Waals surface area contributed by atoms with E-state index in [-0.39, 0.29) is 11.7 Å². The number of pyridine rings is 1. The molecule has 1 atom stereocenters. The van der Waals surface area contributed by atoms with Crippen molar-refractivity contribution in [1.82, 2.24) is 9.88 Å². The van der Waals surface area contributed by atoms with Crippen LogP contribution in [0.2, 0.25) is 0 Å². The Balaban J connectivity index is 2.38. The molecule has 0 bridgehead atoms. The van der Waals surface area contributed by atoms with Gasteiger partial charge in [0.1, 0.15) is 5.82 Å². The van der Waals surface area contributed by atoms with Gasteiger partial charge >= 0.3 is 5.69 Å². The quantitative estimate of drug-likeness (QED) is 0.636. The lowest BCUT2D eigenvalue weighted by Crippen LogP contribution is -2.38. The first-order valence-electron chi connectivity index (χ1n) is 6.35. The molecule has 7 nitrogen and oxygen atoms in total. The van der Waals surface area contributed by atoms with Crippen molar-refractivity contribution in [3.8, 4) is 0 Å². The summed E-state index contributed by atoms with van der Waals surface area (Å²) in [7, 11) is 2.06. The fraction of sp³-hybridized carbons (Fsp3) is 0.583. The lowest BCUT2D eigenvalue weighted by molar-refractivity contribution is -0.384. The number of aromatic nitrogens is 1. The first kappa shape index (κ1) is 13.5. The van der Waals surface area contributed by atoms with Crippen LogP contribution in [-0.2, 0) is 0 Å². The van der Waals surface area contributed by atoms with Crippen molar-refractivity contribution in [1.29, 1.82) is 0 Å². The highest BCUT2D eigenvalue weighted by Gasteiger charge is 2.27. The van der Waals surface area contributed by atoms with Crippen molar-refractivity contribution >= 4 is 17.3 Å². The van der Waals surface area contributed by atoms with Crippen molar-refractivity contribution < 1.29 is 4.92 Å². The predicted molar refractivity (Wildman–Crippen MR) is 74.2 cm³/mol. The van der Waals surface area contributed by atoms with E-state index in [1.54, 1.807) is 0 Å². The van der Waals surface area contributed by atoms with Crippen LogP contribution in [0.15, 0.2) is 12.1 Å². The van der Waals surface area contributed by atoms with E-state index in [9.17, 15) is 10.1 Å². The second kappa shape index (κ2) is 5.40. The molecule has 0 spiro atoms. The molecule has 7 heteroatoms. The maximum atomic E-state index is 11.1. The van der Waals surface area contributed by atoms with Crippen LogP contribution in [0.25, 0.3) is 0 Å². The first-order valence-corrected chi connectivity index (χ1v) is 6.35. The fourth-order valence-electron chi connectivity index (χ4n) is 2.50. The predicted octanol–water partition coefficient (Wildman–Crippen LogP) is 1.10. The zero-order valence-electron chi connectivity index (χ0n) is 11.2. The van der Waals surface area contributed by atoms with Gasteiger partial charge in [-0.25, -0.2) is 4.98 Å². The van der Waals surface area contributed by atoms with Gasteiger partial charge in [0.25, 0.3) is 0 Å². The summed E-state index contributed by atoms with van der Waals surface area (Å²) in [6.07, 6.45) is 0.953. The molecular weight excluding hydrogens is 246 g/mol. The molecule has 2 heterocycles. The zero-order chi connectivity index (χ0) is 14.0. The highest BCUT2D eigenvalue weighted by atomic mass is 16.6. The Morgan fingerprint density at radius 1 is 1.47 bits per heavy atom. The molecule has 1 aromatic heterocycles. The monoisotopic (exact) mass is 265 g/mol. The van der Waals surface area contributed by atoms with Gasteiger partial charge in [0, 0.05) is 25.2 Å². The van der Waals surface area contributed by atoms with Crippen LogP contribution in [0.1, 0.15) is 13.3 Å². The molecule has 0 radical (unpaired) electrons. The molecule has 2 N–H and O–H groups in total. The van der Waals surface area contributed by atoms with Gasteiger partial charge in [-0.3, -0.25) is 10.1 Å². The molecule has 0 amide bonds. The van der Waals surface area contributed by atoms with E-state index in [1.165, 1.54) is 12.1 Å². The van der Waals surface area contributed by atoms with Gasteiger partial charge in [0.2, 0.25) is 5.82 Å². The number of nitrogen functional groups attached to an aromatic ring is 1. The summed E-state index contributed by atoms with van der Waals surface area (Å²) < 4.78 is 0. The van der Waals surface area contributed by atoms with Crippen molar-refractivity contribution in [2.45, 2.75) is 19.4 Å². The van der Waals surface area contributed by atoms with Gasteiger partial charge in [-0.15, -0.1) is 0 Å². The van der Waals surface area contributed by atoms with Crippen molar-refractivity contribution in [2.24, 2.45) is 0 Å². The minimum absolute atomic E-state index is 0.0191. The van der Waals surface area contributed by atoms with Crippen molar-refractivity contribution in [3.05, 3.63) is 22.2 Å². The number of nitrogens with zero attached hydrogens (tertiary/aromatic N) is 4. The Labute approximate surface area is 112 Å². The first-order chi connectivity index (χ1) is 8.99. The van der Waals surface area contributed by atoms with E-state index in [0.717, 1.165) is 26.1 Å². The lowest BCUT2D eigenvalue weighted by Gasteiger charge is -2.28. The van der Waals surface area contributed by atoms with Crippen LogP contribution in [0.3, 0.4) is 0 Å². The van der Waals surface area contributed by atoms with E-state index >= 15 is 0 Å². The number of nitrogens with two attached hydrogens (primary N) is 1. The van der Waals surface area contributed by atoms with Gasteiger partial charge in [0.05, 0.1) is 4.92 Å². The molecule has 1 unspecified atom stereocenters. The summed E-state index contributed by atoms with van der Waals surface area (Å²) in [5.41, 5.74) is 5.69. The largest absolute Gasteiger partial charge is 0.384 e. The van der Waals surface area contributed by atoms with Gasteiger partial charge in [-0.1, -0.05) is 0 Å². The summed E-state index contributed by atoms with van der Waals surface area (Å²) in [6, 6.07) is 3.07. The van der Waals surface area contributed by atoms with Gasteiger partial charge in [-0.2, -0.15) is 0 Å². The number of nitro groups is 1. The Morgan fingerprint density at radius 3 is 2.89 bits per heavy atom. The SMILES string of the molecule is CC1CN(C)CCCN1c1nc(N)ccc1[N+](=O)[O-]. The molecule has 104 valence electrons. The second-order valence-corrected chi connectivity index (χ2v) is 4.99. The molecule has 0 aromatic carbocycles. The van der Waals surface area contributed by atoms with Crippen LogP contribution in [0, 0.1) is 10.1 Å². The van der Waals surface area contributed by atoms with Crippen LogP contribution in [-0.4, -0.2) is 47.5 Å². The number of anilines is 2. The topological polar surface area (TPSA) is 88.5 Å². The fourth-order valence-corrected chi connectivity index (χ4v) is 2.50. The standard InChI is InChI=1S/C12H19N5O2/c1-9-8-15(2)6-3-7-16(9)12-10(17(18)19)4-5-11(13)14-12/h4-5,9H,3,6-8H2,1-2H3,(H2,13,14). The Hall–Kier alpha value is -1.89. The van der Waals surface area contributed by atoms with Crippen LogP contribution >= 0.6 is 0 Å². The van der Waals surface area contributed by atoms with E-state index in [2.05, 4.69) is 23.9 Å². The molecule has 1 fully saturated rings. The molecule has 0 aliphatic carbocycles. The van der Waals surface area contributed by atoms with E-state index < -0.39 is 4.92 Å². The van der Waals surface area contributed by atoms with Crippen LogP contribution in [0.5, 0.6) is 0 Å². The lowest BCUT2D eigenvalue weighted by atomic mass is 10.2. The molecular formula is C12H19N5O2. The van der Waals surface area contributed by atoms with Crippen molar-refractivity contribution in [3.63, 3.8) is 0 Å². The third-order valence-corrected chi connectivity index (χ3v) is 3.39. The molecule has 1 saturated heterocycles. The average Bonchev–Trinajstić information content (AvgIpc) is 2.49. The minimum Gasteiger partial charge on any atom is -0.384 e. The van der Waals surface area contributed by atoms with E-state index in [0.29, 0.717) is 11.6 Å². The summed E-state index contributed by atoms with van der Waals surface area (Å²) in [4.78, 5) is 19.1. The Morgan fingerprint density at radius 2 is 2.21 bits per heavy atom. The number of hydrogen-bond acceptors (Lipinski definition) is 6. The molecule has 2 rings (SSSR count). The van der Waals surface area contributed by atoms with Gasteiger partial charge < -0.3 is 15.5 Å². The second-order valence-electron chi connectivity index (χ2n) is 4.99. The van der Waals surface area contributed by atoms with E-state index in [1.807, 2.05) is 4.90 Å². The van der Waals surface area contributed by atoms with Crippen LogP contribution < -0.4 is 10.6 Å². The number of likely N-dealkylation sites (N-methyl/N-ethyl adjacent to an activating group) is 1. The van der Waals surface area contributed by atoms with Gasteiger partial charge in [-0.05, 0) is 33.0 Å². The zero-order valence-corrected chi connectivity index (χ0v) is 11.2. The maximum absolute atomic E-state index is 11.1. The maximum Gasteiger partial charge on any atom is 0.311 e. The number of rotatable bonds is 2. The Bertz CT molecular complexity index is 479. The molecule has 19 heavy (non-hydrogen) atoms. The summed E-state index contributed by atoms with van der Waals surface area (Å²) in [5.74, 6) is 0.693.